The van der Waals surface area contributed by atoms with Crippen molar-refractivity contribution in [2.45, 2.75) is 44.3 Å². The summed E-state index contributed by atoms with van der Waals surface area (Å²) < 4.78 is 13.9. The minimum atomic E-state index is -0.196. The van der Waals surface area contributed by atoms with E-state index in [1.807, 2.05) is 60.3 Å². The fourth-order valence-corrected chi connectivity index (χ4v) is 4.56. The molecule has 2 aliphatic heterocycles. The molecule has 0 radical (unpaired) electrons. The monoisotopic (exact) mass is 447 g/mol. The van der Waals surface area contributed by atoms with Gasteiger partial charge in [0.1, 0.15) is 18.2 Å². The van der Waals surface area contributed by atoms with Crippen LogP contribution in [0.15, 0.2) is 60.8 Å². The zero-order valence-corrected chi connectivity index (χ0v) is 18.9. The van der Waals surface area contributed by atoms with Gasteiger partial charge in [-0.15, -0.1) is 5.10 Å². The molecule has 1 aromatic heterocycles. The highest BCUT2D eigenvalue weighted by molar-refractivity contribution is 5.94. The van der Waals surface area contributed by atoms with Gasteiger partial charge in [-0.2, -0.15) is 0 Å². The van der Waals surface area contributed by atoms with E-state index in [4.69, 9.17) is 9.47 Å². The molecule has 2 fully saturated rings. The van der Waals surface area contributed by atoms with Crippen LogP contribution >= 0.6 is 0 Å². The molecule has 3 aromatic rings. The van der Waals surface area contributed by atoms with Crippen molar-refractivity contribution < 1.29 is 14.3 Å². The lowest BCUT2D eigenvalue weighted by molar-refractivity contribution is 0.0613. The van der Waals surface area contributed by atoms with Crippen LogP contribution in [-0.2, 0) is 22.6 Å². The highest BCUT2D eigenvalue weighted by atomic mass is 16.6. The molecule has 1 N–H and O–H groups in total. The summed E-state index contributed by atoms with van der Waals surface area (Å²) in [5.41, 5.74) is 3.92. The van der Waals surface area contributed by atoms with Crippen LogP contribution in [0.4, 0.5) is 0 Å². The molecule has 0 spiro atoms. The Morgan fingerprint density at radius 3 is 2.61 bits per heavy atom. The van der Waals surface area contributed by atoms with Gasteiger partial charge in [0.15, 0.2) is 0 Å². The normalized spacial score (nSPS) is 24.2. The van der Waals surface area contributed by atoms with E-state index in [-0.39, 0.29) is 30.2 Å². The summed E-state index contributed by atoms with van der Waals surface area (Å²) in [5.74, 6) is -0.110. The first-order chi connectivity index (χ1) is 16.1. The highest BCUT2D eigenvalue weighted by Crippen LogP contribution is 2.34. The highest BCUT2D eigenvalue weighted by Gasteiger charge is 2.49. The van der Waals surface area contributed by atoms with Crippen molar-refractivity contribution in [1.29, 1.82) is 0 Å². The number of amides is 1. The summed E-state index contributed by atoms with van der Waals surface area (Å²) in [6.45, 7) is 4.45. The van der Waals surface area contributed by atoms with Crippen molar-refractivity contribution in [2.75, 3.05) is 20.3 Å². The van der Waals surface area contributed by atoms with Crippen LogP contribution in [0.25, 0.3) is 0 Å². The fraction of sp³-hybridized carbons (Fsp3) is 0.400. The number of rotatable bonds is 7. The Morgan fingerprint density at radius 2 is 1.82 bits per heavy atom. The number of ether oxygens (including phenoxy) is 2. The van der Waals surface area contributed by atoms with E-state index >= 15 is 0 Å². The number of nitrogens with one attached hydrogen (secondary N) is 1. The molecule has 2 aliphatic rings. The van der Waals surface area contributed by atoms with E-state index in [9.17, 15) is 4.79 Å². The van der Waals surface area contributed by atoms with Gasteiger partial charge in [-0.3, -0.25) is 9.69 Å². The van der Waals surface area contributed by atoms with Gasteiger partial charge >= 0.3 is 0 Å². The number of carbonyl (C=O) groups is 1. The van der Waals surface area contributed by atoms with Crippen LogP contribution in [0.3, 0.4) is 0 Å². The van der Waals surface area contributed by atoms with Crippen molar-refractivity contribution in [1.82, 2.24) is 25.2 Å². The molecule has 0 bridgehead atoms. The van der Waals surface area contributed by atoms with E-state index in [1.165, 1.54) is 5.56 Å². The number of aromatic nitrogens is 3. The Bertz CT molecular complexity index is 1080. The molecule has 0 unspecified atom stereocenters. The summed E-state index contributed by atoms with van der Waals surface area (Å²) in [6, 6.07) is 17.7. The van der Waals surface area contributed by atoms with Gasteiger partial charge in [0, 0.05) is 18.7 Å². The summed E-state index contributed by atoms with van der Waals surface area (Å²) in [5, 5.41) is 11.8. The van der Waals surface area contributed by atoms with Gasteiger partial charge in [-0.25, -0.2) is 4.68 Å². The molecule has 33 heavy (non-hydrogen) atoms. The summed E-state index contributed by atoms with van der Waals surface area (Å²) >= 11 is 0. The minimum absolute atomic E-state index is 0.0584. The van der Waals surface area contributed by atoms with Crippen LogP contribution in [-0.4, -0.2) is 64.3 Å². The van der Waals surface area contributed by atoms with E-state index < -0.39 is 0 Å². The molecule has 1 amide bonds. The Morgan fingerprint density at radius 1 is 1.06 bits per heavy atom. The van der Waals surface area contributed by atoms with Crippen LogP contribution in [0.5, 0.6) is 0 Å². The van der Waals surface area contributed by atoms with Gasteiger partial charge in [0.25, 0.3) is 5.91 Å². The third-order valence-corrected chi connectivity index (χ3v) is 6.28. The quantitative estimate of drug-likeness (QED) is 0.599. The molecular formula is C25H29N5O3. The second-order valence-corrected chi connectivity index (χ2v) is 8.96. The third kappa shape index (κ3) is 4.83. The molecule has 8 nitrogen and oxygen atoms in total. The lowest BCUT2D eigenvalue weighted by atomic mass is 10.1. The Balaban J connectivity index is 1.18. The second-order valence-electron chi connectivity index (χ2n) is 8.96. The molecule has 2 aromatic carbocycles. The predicted octanol–water partition coefficient (Wildman–Crippen LogP) is 2.36. The maximum atomic E-state index is 12.6. The number of benzene rings is 2. The Labute approximate surface area is 193 Å². The van der Waals surface area contributed by atoms with Crippen LogP contribution in [0.1, 0.15) is 33.2 Å². The van der Waals surface area contributed by atoms with Crippen molar-refractivity contribution in [3.05, 3.63) is 83.2 Å². The van der Waals surface area contributed by atoms with Gasteiger partial charge in [0.2, 0.25) is 0 Å². The van der Waals surface area contributed by atoms with Gasteiger partial charge in [0.05, 0.1) is 31.1 Å². The van der Waals surface area contributed by atoms with Gasteiger partial charge < -0.3 is 14.8 Å². The lowest BCUT2D eigenvalue weighted by Gasteiger charge is -2.18. The van der Waals surface area contributed by atoms with Crippen LogP contribution in [0, 0.1) is 6.92 Å². The standard InChI is InChI=1S/C25H29N5O3/c1-17-8-10-19(11-9-17)25(31)26-21-15-32-24-22(16-33-23(21)24)30-14-20(27-28-30)13-29(2)12-18-6-4-3-5-7-18/h3-11,14,21-24H,12-13,15-16H2,1-2H3,(H,26,31)/t21-,22+,23-,24+/m1/s1. The van der Waals surface area contributed by atoms with Crippen LogP contribution < -0.4 is 5.32 Å². The number of carbonyl (C=O) groups excluding carboxylic acids is 1. The van der Waals surface area contributed by atoms with E-state index in [0.717, 1.165) is 17.8 Å². The first kappa shape index (κ1) is 21.8. The van der Waals surface area contributed by atoms with Gasteiger partial charge in [-0.05, 0) is 31.7 Å². The number of nitrogens with zero attached hydrogens (tertiary/aromatic N) is 4. The average Bonchev–Trinajstić information content (AvgIpc) is 3.53. The summed E-state index contributed by atoms with van der Waals surface area (Å²) in [7, 11) is 2.07. The molecule has 4 atom stereocenters. The van der Waals surface area contributed by atoms with E-state index in [2.05, 4.69) is 39.7 Å². The molecule has 0 saturated carbocycles. The smallest absolute Gasteiger partial charge is 0.251 e. The molecule has 5 rings (SSSR count). The average molecular weight is 448 g/mol. The molecule has 2 saturated heterocycles. The van der Waals surface area contributed by atoms with Crippen LogP contribution in [0.2, 0.25) is 0 Å². The lowest BCUT2D eigenvalue weighted by Crippen LogP contribution is -2.44. The Hall–Kier alpha value is -3.07. The molecule has 172 valence electrons. The number of aryl methyl sites for hydroxylation is 1. The van der Waals surface area contributed by atoms with E-state index in [1.54, 1.807) is 0 Å². The minimum Gasteiger partial charge on any atom is -0.371 e. The first-order valence-electron chi connectivity index (χ1n) is 11.3. The fourth-order valence-electron chi connectivity index (χ4n) is 4.56. The number of hydrogen-bond donors (Lipinski definition) is 1. The molecule has 0 aliphatic carbocycles. The largest absolute Gasteiger partial charge is 0.371 e. The predicted molar refractivity (Wildman–Crippen MR) is 123 cm³/mol. The zero-order valence-electron chi connectivity index (χ0n) is 18.9. The number of fused-ring (bicyclic) bond motifs is 1. The summed E-state index contributed by atoms with van der Waals surface area (Å²) in [6.07, 6.45) is 1.61. The topological polar surface area (TPSA) is 81.5 Å². The van der Waals surface area contributed by atoms with Crippen molar-refractivity contribution >= 4 is 5.91 Å². The number of hydrogen-bond acceptors (Lipinski definition) is 6. The Kier molecular flexibility index (Phi) is 6.22. The maximum absolute atomic E-state index is 12.6. The zero-order chi connectivity index (χ0) is 22.8. The van der Waals surface area contributed by atoms with Crippen molar-refractivity contribution in [3.63, 3.8) is 0 Å². The second kappa shape index (κ2) is 9.43. The maximum Gasteiger partial charge on any atom is 0.251 e. The molecular weight excluding hydrogens is 418 g/mol. The van der Waals surface area contributed by atoms with Crippen molar-refractivity contribution in [2.24, 2.45) is 0 Å². The summed E-state index contributed by atoms with van der Waals surface area (Å²) in [4.78, 5) is 14.8. The van der Waals surface area contributed by atoms with Crippen molar-refractivity contribution in [3.8, 4) is 0 Å². The molecule has 8 heteroatoms. The first-order valence-corrected chi connectivity index (χ1v) is 11.3. The van der Waals surface area contributed by atoms with Gasteiger partial charge in [-0.1, -0.05) is 53.2 Å². The molecule has 3 heterocycles. The van der Waals surface area contributed by atoms with E-state index in [0.29, 0.717) is 25.3 Å². The SMILES string of the molecule is Cc1ccc(C(=O)N[C@@H]2CO[C@@H]3[C@@H]2OC[C@@H]3n2cc(CN(C)Cc3ccccc3)nn2)cc1. The third-order valence-electron chi connectivity index (χ3n) is 6.28.